The maximum Gasteiger partial charge on any atom is 0.00339 e. The van der Waals surface area contributed by atoms with E-state index in [9.17, 15) is 0 Å². The van der Waals surface area contributed by atoms with Gasteiger partial charge in [-0.25, -0.2) is 0 Å². The Morgan fingerprint density at radius 2 is 2.25 bits per heavy atom. The van der Waals surface area contributed by atoms with Crippen molar-refractivity contribution in [1.29, 1.82) is 0 Å². The van der Waals surface area contributed by atoms with Gasteiger partial charge in [-0.15, -0.1) is 12.6 Å². The van der Waals surface area contributed by atoms with Crippen LogP contribution in [0.25, 0.3) is 0 Å². The van der Waals surface area contributed by atoms with Gasteiger partial charge in [-0.1, -0.05) is 24.8 Å². The van der Waals surface area contributed by atoms with E-state index in [1.807, 2.05) is 25.2 Å². The minimum Gasteiger partial charge on any atom is -0.143 e. The lowest BCUT2D eigenvalue weighted by Crippen LogP contribution is -1.55. The Labute approximate surface area is 56.0 Å². The summed E-state index contributed by atoms with van der Waals surface area (Å²) in [5.41, 5.74) is 0. The van der Waals surface area contributed by atoms with E-state index in [2.05, 4.69) is 19.2 Å². The van der Waals surface area contributed by atoms with Crippen molar-refractivity contribution in [3.63, 3.8) is 0 Å². The highest BCUT2D eigenvalue weighted by atomic mass is 32.1. The number of allylic oxidation sites excluding steroid dienone is 4. The zero-order valence-corrected chi connectivity index (χ0v) is 5.86. The minimum absolute atomic E-state index is 0.892. The molecular weight excluding hydrogens is 116 g/mol. The van der Waals surface area contributed by atoms with Crippen molar-refractivity contribution in [3.05, 3.63) is 35.8 Å². The average Bonchev–Trinajstić information content (AvgIpc) is 1.83. The summed E-state index contributed by atoms with van der Waals surface area (Å²) >= 11 is 4.06. The summed E-state index contributed by atoms with van der Waals surface area (Å²) in [5.74, 6) is 0. The molecule has 0 aromatic carbocycles. The highest BCUT2D eigenvalue weighted by Crippen LogP contribution is 1.99. The van der Waals surface area contributed by atoms with Crippen molar-refractivity contribution in [2.75, 3.05) is 0 Å². The van der Waals surface area contributed by atoms with E-state index in [0.29, 0.717) is 0 Å². The van der Waals surface area contributed by atoms with Crippen molar-refractivity contribution in [1.82, 2.24) is 0 Å². The first-order valence-corrected chi connectivity index (χ1v) is 2.90. The molecule has 0 atom stereocenters. The zero-order valence-electron chi connectivity index (χ0n) is 4.96. The van der Waals surface area contributed by atoms with Crippen LogP contribution in [0.1, 0.15) is 6.92 Å². The van der Waals surface area contributed by atoms with Gasteiger partial charge in [0.15, 0.2) is 0 Å². The van der Waals surface area contributed by atoms with Crippen LogP contribution in [0.3, 0.4) is 0 Å². The van der Waals surface area contributed by atoms with Crippen molar-refractivity contribution in [3.8, 4) is 0 Å². The topological polar surface area (TPSA) is 0 Å². The second kappa shape index (κ2) is 4.72. The molecule has 0 saturated carbocycles. The van der Waals surface area contributed by atoms with Crippen LogP contribution in [0.4, 0.5) is 0 Å². The molecule has 0 radical (unpaired) electrons. The SMILES string of the molecule is C=C/C(S)=C\C=C/C. The Balaban J connectivity index is 3.74. The van der Waals surface area contributed by atoms with Crippen LogP contribution in [0, 0.1) is 0 Å². The molecule has 44 valence electrons. The van der Waals surface area contributed by atoms with Crippen molar-refractivity contribution >= 4 is 12.6 Å². The molecule has 0 saturated heterocycles. The Bertz CT molecular complexity index is 120. The summed E-state index contributed by atoms with van der Waals surface area (Å²) in [5, 5.41) is 0. The third-order valence-corrected chi connectivity index (χ3v) is 1.00. The highest BCUT2D eigenvalue weighted by Gasteiger charge is 1.71. The van der Waals surface area contributed by atoms with Gasteiger partial charge >= 0.3 is 0 Å². The second-order valence-electron chi connectivity index (χ2n) is 1.32. The molecule has 0 N–H and O–H groups in total. The van der Waals surface area contributed by atoms with Gasteiger partial charge in [0.05, 0.1) is 0 Å². The van der Waals surface area contributed by atoms with Gasteiger partial charge in [0.2, 0.25) is 0 Å². The summed E-state index contributed by atoms with van der Waals surface area (Å²) in [4.78, 5) is 0.892. The van der Waals surface area contributed by atoms with Crippen LogP contribution in [0.2, 0.25) is 0 Å². The molecular formula is C7H10S. The molecule has 0 spiro atoms. The summed E-state index contributed by atoms with van der Waals surface area (Å²) in [7, 11) is 0. The van der Waals surface area contributed by atoms with Gasteiger partial charge in [0.1, 0.15) is 0 Å². The number of hydrogen-bond donors (Lipinski definition) is 1. The molecule has 0 heterocycles. The maximum atomic E-state index is 4.06. The van der Waals surface area contributed by atoms with Crippen LogP contribution >= 0.6 is 12.6 Å². The first-order chi connectivity index (χ1) is 3.81. The Kier molecular flexibility index (Phi) is 4.47. The molecule has 0 nitrogen and oxygen atoms in total. The fourth-order valence-electron chi connectivity index (χ4n) is 0.263. The van der Waals surface area contributed by atoms with Gasteiger partial charge < -0.3 is 0 Å². The summed E-state index contributed by atoms with van der Waals surface area (Å²) in [6.45, 7) is 5.49. The predicted molar refractivity (Wildman–Crippen MR) is 42.1 cm³/mol. The van der Waals surface area contributed by atoms with Crippen molar-refractivity contribution in [2.45, 2.75) is 6.92 Å². The van der Waals surface area contributed by atoms with Crippen LogP contribution in [0.15, 0.2) is 35.8 Å². The van der Waals surface area contributed by atoms with Crippen molar-refractivity contribution < 1.29 is 0 Å². The number of thiol groups is 1. The van der Waals surface area contributed by atoms with Crippen LogP contribution in [0.5, 0.6) is 0 Å². The molecule has 0 unspecified atom stereocenters. The zero-order chi connectivity index (χ0) is 6.41. The van der Waals surface area contributed by atoms with E-state index < -0.39 is 0 Å². The monoisotopic (exact) mass is 126 g/mol. The van der Waals surface area contributed by atoms with Crippen LogP contribution in [-0.4, -0.2) is 0 Å². The lowest BCUT2D eigenvalue weighted by molar-refractivity contribution is 1.73. The summed E-state index contributed by atoms with van der Waals surface area (Å²) < 4.78 is 0. The molecule has 0 bridgehead atoms. The third-order valence-electron chi connectivity index (χ3n) is 0.669. The van der Waals surface area contributed by atoms with Crippen LogP contribution < -0.4 is 0 Å². The lowest BCUT2D eigenvalue weighted by atomic mass is 10.4. The molecule has 8 heavy (non-hydrogen) atoms. The van der Waals surface area contributed by atoms with E-state index in [4.69, 9.17) is 0 Å². The highest BCUT2D eigenvalue weighted by molar-refractivity contribution is 7.84. The van der Waals surface area contributed by atoms with E-state index >= 15 is 0 Å². The van der Waals surface area contributed by atoms with Gasteiger partial charge in [0, 0.05) is 4.91 Å². The summed E-state index contributed by atoms with van der Waals surface area (Å²) in [6.07, 6.45) is 7.45. The molecule has 0 aromatic rings. The van der Waals surface area contributed by atoms with E-state index in [1.54, 1.807) is 6.08 Å². The Hall–Kier alpha value is -0.430. The molecule has 0 rings (SSSR count). The number of rotatable bonds is 2. The Morgan fingerprint density at radius 3 is 2.62 bits per heavy atom. The van der Waals surface area contributed by atoms with Crippen molar-refractivity contribution in [2.24, 2.45) is 0 Å². The first-order valence-electron chi connectivity index (χ1n) is 2.45. The average molecular weight is 126 g/mol. The first kappa shape index (κ1) is 7.57. The van der Waals surface area contributed by atoms with Gasteiger partial charge in [0.25, 0.3) is 0 Å². The minimum atomic E-state index is 0.892. The van der Waals surface area contributed by atoms with E-state index in [0.717, 1.165) is 4.91 Å². The van der Waals surface area contributed by atoms with E-state index in [1.165, 1.54) is 0 Å². The van der Waals surface area contributed by atoms with Gasteiger partial charge in [-0.05, 0) is 13.0 Å². The quantitative estimate of drug-likeness (QED) is 0.426. The molecule has 0 aliphatic rings. The third kappa shape index (κ3) is 3.75. The normalized spacial score (nSPS) is 12.5. The molecule has 0 amide bonds. The molecule has 0 aromatic heterocycles. The van der Waals surface area contributed by atoms with E-state index in [-0.39, 0.29) is 0 Å². The Morgan fingerprint density at radius 1 is 1.62 bits per heavy atom. The molecule has 1 heteroatoms. The smallest absolute Gasteiger partial charge is 0.00339 e. The largest absolute Gasteiger partial charge is 0.143 e. The summed E-state index contributed by atoms with van der Waals surface area (Å²) in [6, 6.07) is 0. The second-order valence-corrected chi connectivity index (χ2v) is 1.84. The molecule has 0 aliphatic carbocycles. The molecule has 0 aliphatic heterocycles. The standard InChI is InChI=1S/C7H10S/c1-3-5-6-7(8)4-2/h3-6,8H,2H2,1H3/b5-3-,7-6+. The van der Waals surface area contributed by atoms with Crippen LogP contribution in [-0.2, 0) is 0 Å². The maximum absolute atomic E-state index is 4.06. The fraction of sp³-hybridized carbons (Fsp3) is 0.143. The fourth-order valence-corrected chi connectivity index (χ4v) is 0.349. The molecule has 0 fully saturated rings. The predicted octanol–water partition coefficient (Wildman–Crippen LogP) is 2.56. The lowest BCUT2D eigenvalue weighted by Gasteiger charge is -1.80. The number of hydrogen-bond acceptors (Lipinski definition) is 1. The van der Waals surface area contributed by atoms with Gasteiger partial charge in [-0.2, -0.15) is 0 Å². The van der Waals surface area contributed by atoms with Gasteiger partial charge in [-0.3, -0.25) is 0 Å².